The van der Waals surface area contributed by atoms with Gasteiger partial charge in [0, 0.05) is 43.3 Å². The van der Waals surface area contributed by atoms with Crippen LogP contribution in [0.25, 0.3) is 0 Å². The first kappa shape index (κ1) is 24.5. The maximum Gasteiger partial charge on any atom is 0.223 e. The molecule has 1 aliphatic rings. The number of hydrogen-bond acceptors (Lipinski definition) is 5. The zero-order valence-electron chi connectivity index (χ0n) is 19.9. The Morgan fingerprint density at radius 3 is 2.09 bits per heavy atom. The zero-order chi connectivity index (χ0) is 22.6. The van der Waals surface area contributed by atoms with Crippen molar-refractivity contribution in [1.29, 1.82) is 0 Å². The molecule has 1 aliphatic carbocycles. The summed E-state index contributed by atoms with van der Waals surface area (Å²) in [7, 11) is 0. The molecule has 0 spiro atoms. The molecule has 2 heterocycles. The smallest absolute Gasteiger partial charge is 0.223 e. The fourth-order valence-corrected chi connectivity index (χ4v) is 4.76. The standard InChI is InChI=1S/C24H41N7O/c1-3-16-30(17-4-2)21-9-7-20(8-10-21)25-11-5-6-24(32)31(18-22-26-12-13-27-22)19-23-28-14-15-29-23/h12-15,20-21,25H,3-11,16-19H2,1-2H3,(H,26,27)(H,28,29). The van der Waals surface area contributed by atoms with Crippen LogP contribution in [0.2, 0.25) is 0 Å². The second kappa shape index (κ2) is 13.4. The molecule has 1 amide bonds. The third-order valence-electron chi connectivity index (χ3n) is 6.38. The molecule has 32 heavy (non-hydrogen) atoms. The van der Waals surface area contributed by atoms with Gasteiger partial charge in [0.25, 0.3) is 0 Å². The molecule has 0 unspecified atom stereocenters. The largest absolute Gasteiger partial charge is 0.347 e. The summed E-state index contributed by atoms with van der Waals surface area (Å²) in [6.07, 6.45) is 15.9. The summed E-state index contributed by atoms with van der Waals surface area (Å²) in [6, 6.07) is 1.35. The number of hydrogen-bond donors (Lipinski definition) is 3. The zero-order valence-corrected chi connectivity index (χ0v) is 19.9. The molecule has 0 bridgehead atoms. The van der Waals surface area contributed by atoms with Crippen LogP contribution in [-0.4, -0.2) is 67.4 Å². The first-order valence-electron chi connectivity index (χ1n) is 12.4. The minimum absolute atomic E-state index is 0.137. The van der Waals surface area contributed by atoms with E-state index in [9.17, 15) is 4.79 Å². The summed E-state index contributed by atoms with van der Waals surface area (Å²) < 4.78 is 0. The SMILES string of the molecule is CCCN(CCC)C1CCC(NCCCC(=O)N(Cc2ncc[nH]2)Cc2ncc[nH]2)CC1. The summed E-state index contributed by atoms with van der Waals surface area (Å²) in [5, 5.41) is 3.70. The van der Waals surface area contributed by atoms with E-state index >= 15 is 0 Å². The lowest BCUT2D eigenvalue weighted by molar-refractivity contribution is -0.132. The Labute approximate surface area is 192 Å². The van der Waals surface area contributed by atoms with Gasteiger partial charge in [-0.15, -0.1) is 0 Å². The monoisotopic (exact) mass is 443 g/mol. The third-order valence-corrected chi connectivity index (χ3v) is 6.38. The van der Waals surface area contributed by atoms with E-state index in [-0.39, 0.29) is 5.91 Å². The van der Waals surface area contributed by atoms with Crippen LogP contribution in [0.3, 0.4) is 0 Å². The topological polar surface area (TPSA) is 92.9 Å². The molecular weight excluding hydrogens is 402 g/mol. The highest BCUT2D eigenvalue weighted by atomic mass is 16.2. The van der Waals surface area contributed by atoms with Gasteiger partial charge in [0.05, 0.1) is 13.1 Å². The number of aromatic nitrogens is 4. The Morgan fingerprint density at radius 2 is 1.59 bits per heavy atom. The molecule has 3 rings (SSSR count). The van der Waals surface area contributed by atoms with Crippen molar-refractivity contribution in [1.82, 2.24) is 35.1 Å². The van der Waals surface area contributed by atoms with E-state index < -0.39 is 0 Å². The van der Waals surface area contributed by atoms with Gasteiger partial charge in [0.2, 0.25) is 5.91 Å². The molecule has 1 fully saturated rings. The molecule has 0 saturated heterocycles. The van der Waals surface area contributed by atoms with Crippen LogP contribution >= 0.6 is 0 Å². The van der Waals surface area contributed by atoms with Gasteiger partial charge in [0.15, 0.2) is 0 Å². The van der Waals surface area contributed by atoms with Crippen LogP contribution in [-0.2, 0) is 17.9 Å². The quantitative estimate of drug-likeness (QED) is 0.389. The van der Waals surface area contributed by atoms with E-state index in [0.29, 0.717) is 25.6 Å². The van der Waals surface area contributed by atoms with Crippen molar-refractivity contribution >= 4 is 5.91 Å². The predicted octanol–water partition coefficient (Wildman–Crippen LogP) is 3.46. The lowest BCUT2D eigenvalue weighted by Crippen LogP contribution is -2.43. The first-order chi connectivity index (χ1) is 15.7. The molecule has 0 aromatic carbocycles. The molecule has 0 aliphatic heterocycles. The molecule has 1 saturated carbocycles. The normalized spacial score (nSPS) is 18.8. The number of nitrogens with zero attached hydrogens (tertiary/aromatic N) is 4. The molecule has 3 N–H and O–H groups in total. The molecule has 178 valence electrons. The summed E-state index contributed by atoms with van der Waals surface area (Å²) >= 11 is 0. The van der Waals surface area contributed by atoms with Gasteiger partial charge in [0.1, 0.15) is 11.6 Å². The van der Waals surface area contributed by atoms with E-state index in [1.165, 1.54) is 51.6 Å². The molecule has 8 heteroatoms. The Balaban J connectivity index is 1.38. The molecule has 0 atom stereocenters. The highest BCUT2D eigenvalue weighted by molar-refractivity contribution is 5.76. The number of amides is 1. The maximum atomic E-state index is 12.9. The van der Waals surface area contributed by atoms with E-state index in [0.717, 1.165) is 30.7 Å². The van der Waals surface area contributed by atoms with Gasteiger partial charge in [-0.3, -0.25) is 4.79 Å². The minimum Gasteiger partial charge on any atom is -0.347 e. The summed E-state index contributed by atoms with van der Waals surface area (Å²) in [5.41, 5.74) is 0. The lowest BCUT2D eigenvalue weighted by Gasteiger charge is -2.37. The average molecular weight is 444 g/mol. The van der Waals surface area contributed by atoms with Crippen LogP contribution in [0.15, 0.2) is 24.8 Å². The number of nitrogens with one attached hydrogen (secondary N) is 3. The van der Waals surface area contributed by atoms with Crippen molar-refractivity contribution in [2.45, 2.75) is 90.4 Å². The molecule has 2 aromatic heterocycles. The van der Waals surface area contributed by atoms with Crippen LogP contribution in [0.4, 0.5) is 0 Å². The number of rotatable bonds is 14. The molecule has 0 radical (unpaired) electrons. The number of H-pyrrole nitrogens is 2. The summed E-state index contributed by atoms with van der Waals surface area (Å²) in [5.74, 6) is 1.72. The number of aromatic amines is 2. The highest BCUT2D eigenvalue weighted by Crippen LogP contribution is 2.23. The second-order valence-corrected chi connectivity index (χ2v) is 8.92. The van der Waals surface area contributed by atoms with Crippen molar-refractivity contribution in [2.24, 2.45) is 0 Å². The van der Waals surface area contributed by atoms with Gasteiger partial charge in [-0.05, 0) is 64.6 Å². The Kier molecular flexibility index (Phi) is 10.2. The van der Waals surface area contributed by atoms with E-state index in [1.807, 2.05) is 4.90 Å². The van der Waals surface area contributed by atoms with Gasteiger partial charge < -0.3 is 25.1 Å². The number of carbonyl (C=O) groups is 1. The maximum absolute atomic E-state index is 12.9. The fourth-order valence-electron chi connectivity index (χ4n) is 4.76. The van der Waals surface area contributed by atoms with Crippen molar-refractivity contribution < 1.29 is 4.79 Å². The summed E-state index contributed by atoms with van der Waals surface area (Å²) in [6.45, 7) is 8.84. The molecular formula is C24H41N7O. The van der Waals surface area contributed by atoms with Crippen LogP contribution < -0.4 is 5.32 Å². The Morgan fingerprint density at radius 1 is 1.00 bits per heavy atom. The predicted molar refractivity (Wildman–Crippen MR) is 127 cm³/mol. The third kappa shape index (κ3) is 7.74. The molecule has 8 nitrogen and oxygen atoms in total. The van der Waals surface area contributed by atoms with E-state index in [1.54, 1.807) is 24.8 Å². The van der Waals surface area contributed by atoms with Crippen molar-refractivity contribution in [3.05, 3.63) is 36.4 Å². The Hall–Kier alpha value is -2.19. The Bertz CT molecular complexity index is 696. The number of imidazole rings is 2. The van der Waals surface area contributed by atoms with Crippen LogP contribution in [0, 0.1) is 0 Å². The summed E-state index contributed by atoms with van der Waals surface area (Å²) in [4.78, 5) is 32.1. The van der Waals surface area contributed by atoms with Crippen molar-refractivity contribution in [2.75, 3.05) is 19.6 Å². The van der Waals surface area contributed by atoms with Crippen LogP contribution in [0.1, 0.15) is 76.9 Å². The van der Waals surface area contributed by atoms with Gasteiger partial charge in [-0.1, -0.05) is 13.8 Å². The first-order valence-corrected chi connectivity index (χ1v) is 12.4. The minimum atomic E-state index is 0.137. The van der Waals surface area contributed by atoms with E-state index in [4.69, 9.17) is 0 Å². The lowest BCUT2D eigenvalue weighted by atomic mass is 9.90. The van der Waals surface area contributed by atoms with Gasteiger partial charge in [-0.25, -0.2) is 9.97 Å². The average Bonchev–Trinajstić information content (AvgIpc) is 3.51. The van der Waals surface area contributed by atoms with E-state index in [2.05, 4.69) is 44.0 Å². The van der Waals surface area contributed by atoms with Crippen molar-refractivity contribution in [3.63, 3.8) is 0 Å². The van der Waals surface area contributed by atoms with Gasteiger partial charge >= 0.3 is 0 Å². The van der Waals surface area contributed by atoms with Crippen molar-refractivity contribution in [3.8, 4) is 0 Å². The fraction of sp³-hybridized carbons (Fsp3) is 0.708. The number of carbonyl (C=O) groups excluding carboxylic acids is 1. The van der Waals surface area contributed by atoms with Gasteiger partial charge in [-0.2, -0.15) is 0 Å². The molecule has 2 aromatic rings. The second-order valence-electron chi connectivity index (χ2n) is 8.92. The highest BCUT2D eigenvalue weighted by Gasteiger charge is 2.25. The van der Waals surface area contributed by atoms with Crippen LogP contribution in [0.5, 0.6) is 0 Å².